The van der Waals surface area contributed by atoms with Gasteiger partial charge in [0.15, 0.2) is 0 Å². The number of halogens is 1. The van der Waals surface area contributed by atoms with Crippen LogP contribution in [0.4, 0.5) is 17.1 Å². The zero-order chi connectivity index (χ0) is 17.8. The Bertz CT molecular complexity index is 924. The van der Waals surface area contributed by atoms with Gasteiger partial charge in [-0.05, 0) is 71.2 Å². The second-order valence-corrected chi connectivity index (χ2v) is 6.75. The summed E-state index contributed by atoms with van der Waals surface area (Å²) in [6, 6.07) is 15.5. The minimum absolute atomic E-state index is 0.190. The summed E-state index contributed by atoms with van der Waals surface area (Å²) in [6.45, 7) is 4.02. The van der Waals surface area contributed by atoms with Crippen LogP contribution < -0.4 is 10.6 Å². The van der Waals surface area contributed by atoms with Crippen LogP contribution in [0.1, 0.15) is 21.5 Å². The Morgan fingerprint density at radius 3 is 2.52 bits per heavy atom. The van der Waals surface area contributed by atoms with E-state index in [1.54, 1.807) is 18.5 Å². The highest BCUT2D eigenvalue weighted by Gasteiger charge is 2.09. The number of benzene rings is 2. The number of hydrogen-bond donors (Lipinski definition) is 2. The molecule has 0 unspecified atom stereocenters. The molecule has 25 heavy (non-hydrogen) atoms. The van der Waals surface area contributed by atoms with Crippen molar-refractivity contribution in [2.45, 2.75) is 13.8 Å². The molecule has 0 aliphatic carbocycles. The van der Waals surface area contributed by atoms with Gasteiger partial charge in [0.1, 0.15) is 0 Å². The first kappa shape index (κ1) is 17.2. The molecule has 0 aliphatic heterocycles. The van der Waals surface area contributed by atoms with Crippen LogP contribution >= 0.6 is 15.9 Å². The van der Waals surface area contributed by atoms with Crippen LogP contribution in [0.25, 0.3) is 0 Å². The van der Waals surface area contributed by atoms with Gasteiger partial charge in [-0.1, -0.05) is 18.2 Å². The highest BCUT2D eigenvalue weighted by Crippen LogP contribution is 2.27. The van der Waals surface area contributed by atoms with Gasteiger partial charge in [-0.3, -0.25) is 9.78 Å². The van der Waals surface area contributed by atoms with Gasteiger partial charge in [0.25, 0.3) is 5.91 Å². The lowest BCUT2D eigenvalue weighted by atomic mass is 10.2. The third-order valence-electron chi connectivity index (χ3n) is 3.68. The highest BCUT2D eigenvalue weighted by atomic mass is 79.9. The first-order chi connectivity index (χ1) is 12.0. The molecule has 0 radical (unpaired) electrons. The van der Waals surface area contributed by atoms with Gasteiger partial charge in [0, 0.05) is 16.4 Å². The molecular weight excluding hydrogens is 378 g/mol. The molecule has 2 N–H and O–H groups in total. The summed E-state index contributed by atoms with van der Waals surface area (Å²) < 4.78 is 0.960. The number of aryl methyl sites for hydroxylation is 2. The maximum atomic E-state index is 12.5. The SMILES string of the molecule is Cc1cccc(NC(=O)c2cncc(Nc3ccc(C)cc3Br)c2)c1. The molecule has 1 amide bonds. The molecule has 0 spiro atoms. The summed E-state index contributed by atoms with van der Waals surface area (Å²) in [6.07, 6.45) is 3.25. The average molecular weight is 396 g/mol. The first-order valence-corrected chi connectivity index (χ1v) is 8.67. The largest absolute Gasteiger partial charge is 0.353 e. The quantitative estimate of drug-likeness (QED) is 0.616. The van der Waals surface area contributed by atoms with E-state index in [-0.39, 0.29) is 5.91 Å². The normalized spacial score (nSPS) is 10.4. The maximum absolute atomic E-state index is 12.5. The molecule has 0 saturated heterocycles. The van der Waals surface area contributed by atoms with Gasteiger partial charge >= 0.3 is 0 Å². The molecule has 5 heteroatoms. The Morgan fingerprint density at radius 1 is 0.960 bits per heavy atom. The number of hydrogen-bond acceptors (Lipinski definition) is 3. The van der Waals surface area contributed by atoms with Crippen LogP contribution in [-0.4, -0.2) is 10.9 Å². The van der Waals surface area contributed by atoms with E-state index in [2.05, 4.69) is 31.5 Å². The number of rotatable bonds is 4. The monoisotopic (exact) mass is 395 g/mol. The smallest absolute Gasteiger partial charge is 0.257 e. The predicted molar refractivity (Wildman–Crippen MR) is 106 cm³/mol. The molecular formula is C20H18BrN3O. The van der Waals surface area contributed by atoms with Crippen LogP contribution in [0.15, 0.2) is 65.4 Å². The molecule has 2 aromatic carbocycles. The van der Waals surface area contributed by atoms with E-state index < -0.39 is 0 Å². The molecule has 0 saturated carbocycles. The van der Waals surface area contributed by atoms with Crippen LogP contribution in [-0.2, 0) is 0 Å². The fraction of sp³-hybridized carbons (Fsp3) is 0.100. The molecule has 4 nitrogen and oxygen atoms in total. The topological polar surface area (TPSA) is 54.0 Å². The fourth-order valence-electron chi connectivity index (χ4n) is 2.44. The standard InChI is InChI=1S/C20H18BrN3O/c1-13-4-3-5-16(8-13)24-20(25)15-10-17(12-22-11-15)23-19-7-6-14(2)9-18(19)21/h3-12,23H,1-2H3,(H,24,25). The minimum Gasteiger partial charge on any atom is -0.353 e. The third-order valence-corrected chi connectivity index (χ3v) is 4.34. The van der Waals surface area contributed by atoms with Crippen LogP contribution in [0, 0.1) is 13.8 Å². The minimum atomic E-state index is -0.190. The second kappa shape index (κ2) is 7.49. The zero-order valence-electron chi connectivity index (χ0n) is 14.0. The Hall–Kier alpha value is -2.66. The van der Waals surface area contributed by atoms with Gasteiger partial charge in [-0.15, -0.1) is 0 Å². The Balaban J connectivity index is 1.77. The lowest BCUT2D eigenvalue weighted by molar-refractivity contribution is 0.102. The maximum Gasteiger partial charge on any atom is 0.257 e. The number of nitrogens with zero attached hydrogens (tertiary/aromatic N) is 1. The summed E-state index contributed by atoms with van der Waals surface area (Å²) in [7, 11) is 0. The van der Waals surface area contributed by atoms with Crippen molar-refractivity contribution >= 4 is 38.9 Å². The van der Waals surface area contributed by atoms with E-state index in [0.29, 0.717) is 5.56 Å². The predicted octanol–water partition coefficient (Wildman–Crippen LogP) is 5.46. The molecule has 1 heterocycles. The summed E-state index contributed by atoms with van der Waals surface area (Å²) in [4.78, 5) is 16.6. The Morgan fingerprint density at radius 2 is 1.76 bits per heavy atom. The van der Waals surface area contributed by atoms with Crippen molar-refractivity contribution in [2.75, 3.05) is 10.6 Å². The van der Waals surface area contributed by atoms with E-state index in [1.807, 2.05) is 56.3 Å². The van der Waals surface area contributed by atoms with E-state index in [0.717, 1.165) is 27.1 Å². The number of anilines is 3. The summed E-state index contributed by atoms with van der Waals surface area (Å²) >= 11 is 3.54. The van der Waals surface area contributed by atoms with Gasteiger partial charge in [-0.25, -0.2) is 0 Å². The summed E-state index contributed by atoms with van der Waals surface area (Å²) in [5, 5.41) is 6.17. The Kier molecular flexibility index (Phi) is 5.14. The third kappa shape index (κ3) is 4.45. The van der Waals surface area contributed by atoms with Crippen LogP contribution in [0.2, 0.25) is 0 Å². The molecule has 0 fully saturated rings. The van der Waals surface area contributed by atoms with Crippen LogP contribution in [0.5, 0.6) is 0 Å². The molecule has 3 aromatic rings. The highest BCUT2D eigenvalue weighted by molar-refractivity contribution is 9.10. The fourth-order valence-corrected chi connectivity index (χ4v) is 3.03. The number of carbonyl (C=O) groups excluding carboxylic acids is 1. The van der Waals surface area contributed by atoms with Gasteiger partial charge in [0.2, 0.25) is 0 Å². The van der Waals surface area contributed by atoms with Crippen LogP contribution in [0.3, 0.4) is 0 Å². The Labute approximate surface area is 155 Å². The number of amides is 1. The van der Waals surface area contributed by atoms with Crippen molar-refractivity contribution < 1.29 is 4.79 Å². The number of pyridine rings is 1. The van der Waals surface area contributed by atoms with E-state index in [4.69, 9.17) is 0 Å². The van der Waals surface area contributed by atoms with Crippen molar-refractivity contribution in [3.05, 3.63) is 82.1 Å². The molecule has 0 aliphatic rings. The van der Waals surface area contributed by atoms with Gasteiger partial charge in [0.05, 0.1) is 23.1 Å². The number of carbonyl (C=O) groups is 1. The van der Waals surface area contributed by atoms with Crippen molar-refractivity contribution in [1.29, 1.82) is 0 Å². The van der Waals surface area contributed by atoms with Crippen molar-refractivity contribution in [1.82, 2.24) is 4.98 Å². The summed E-state index contributed by atoms with van der Waals surface area (Å²) in [5.74, 6) is -0.190. The molecule has 1 aromatic heterocycles. The lowest BCUT2D eigenvalue weighted by Crippen LogP contribution is -2.12. The lowest BCUT2D eigenvalue weighted by Gasteiger charge is -2.11. The molecule has 126 valence electrons. The summed E-state index contributed by atoms with van der Waals surface area (Å²) in [5.41, 5.74) is 5.20. The average Bonchev–Trinajstić information content (AvgIpc) is 2.58. The molecule has 0 atom stereocenters. The number of nitrogens with one attached hydrogen (secondary N) is 2. The van der Waals surface area contributed by atoms with Gasteiger partial charge in [-0.2, -0.15) is 0 Å². The van der Waals surface area contributed by atoms with E-state index in [1.165, 1.54) is 5.56 Å². The van der Waals surface area contributed by atoms with Crippen molar-refractivity contribution in [2.24, 2.45) is 0 Å². The van der Waals surface area contributed by atoms with Gasteiger partial charge < -0.3 is 10.6 Å². The molecule has 0 bridgehead atoms. The van der Waals surface area contributed by atoms with E-state index >= 15 is 0 Å². The zero-order valence-corrected chi connectivity index (χ0v) is 15.6. The number of aromatic nitrogens is 1. The first-order valence-electron chi connectivity index (χ1n) is 7.87. The van der Waals surface area contributed by atoms with E-state index in [9.17, 15) is 4.79 Å². The van der Waals surface area contributed by atoms with Crippen molar-refractivity contribution in [3.63, 3.8) is 0 Å². The second-order valence-electron chi connectivity index (χ2n) is 5.89. The molecule has 3 rings (SSSR count). The van der Waals surface area contributed by atoms with Crippen molar-refractivity contribution in [3.8, 4) is 0 Å².